The highest BCUT2D eigenvalue weighted by Crippen LogP contribution is 2.30. The van der Waals surface area contributed by atoms with Crippen LogP contribution in [0.15, 0.2) is 30.3 Å². The highest BCUT2D eigenvalue weighted by atomic mass is 35.5. The zero-order valence-corrected chi connectivity index (χ0v) is 17.5. The molecule has 3 aromatic rings. The second-order valence-electron chi connectivity index (χ2n) is 6.66. The van der Waals surface area contributed by atoms with Gasteiger partial charge in [0.05, 0.1) is 19.4 Å². The maximum absolute atomic E-state index is 12.1. The fourth-order valence-corrected chi connectivity index (χ4v) is 5.24. The van der Waals surface area contributed by atoms with Gasteiger partial charge in [0.15, 0.2) is 5.13 Å². The van der Waals surface area contributed by atoms with Crippen LogP contribution in [-0.4, -0.2) is 55.1 Å². The van der Waals surface area contributed by atoms with E-state index in [1.807, 2.05) is 0 Å². The normalized spacial score (nSPS) is 15.4. The molecule has 0 spiro atoms. The summed E-state index contributed by atoms with van der Waals surface area (Å²) in [5.74, 6) is -0.0460. The number of fused-ring (bicyclic) bond motifs is 1. The molecule has 0 bridgehead atoms. The van der Waals surface area contributed by atoms with E-state index in [2.05, 4.69) is 40.2 Å². The Morgan fingerprint density at radius 3 is 2.74 bits per heavy atom. The number of amides is 1. The summed E-state index contributed by atoms with van der Waals surface area (Å²) in [5.41, 5.74) is 2.36. The third kappa shape index (κ3) is 4.43. The average molecular weight is 421 g/mol. The first kappa shape index (κ1) is 18.7. The van der Waals surface area contributed by atoms with Gasteiger partial charge in [0.25, 0.3) is 5.91 Å². The number of thiazole rings is 1. The molecule has 1 saturated heterocycles. The van der Waals surface area contributed by atoms with Crippen LogP contribution >= 0.6 is 34.3 Å². The summed E-state index contributed by atoms with van der Waals surface area (Å²) < 4.78 is 1.89. The van der Waals surface area contributed by atoms with Crippen molar-refractivity contribution >= 4 is 55.5 Å². The molecule has 0 radical (unpaired) electrons. The number of aromatic nitrogens is 1. The van der Waals surface area contributed by atoms with E-state index < -0.39 is 0 Å². The third-order valence-corrected chi connectivity index (χ3v) is 6.99. The molecule has 1 aromatic carbocycles. The summed E-state index contributed by atoms with van der Waals surface area (Å²) in [5, 5.41) is 4.08. The van der Waals surface area contributed by atoms with Gasteiger partial charge < -0.3 is 10.2 Å². The molecule has 4 rings (SSSR count). The molecule has 0 unspecified atom stereocenters. The number of halogens is 1. The number of hydrogen-bond donors (Lipinski definition) is 1. The molecule has 27 heavy (non-hydrogen) atoms. The lowest BCUT2D eigenvalue weighted by molar-refractivity contribution is 0.0952. The minimum atomic E-state index is -0.0460. The molecular formula is C19H21ClN4OS2. The first-order chi connectivity index (χ1) is 13.1. The molecule has 1 N–H and O–H groups in total. The quantitative estimate of drug-likeness (QED) is 0.680. The van der Waals surface area contributed by atoms with Gasteiger partial charge in [-0.3, -0.25) is 9.69 Å². The highest BCUT2D eigenvalue weighted by molar-refractivity contribution is 7.22. The Morgan fingerprint density at radius 2 is 2.00 bits per heavy atom. The number of aryl methyl sites for hydroxylation is 1. The van der Waals surface area contributed by atoms with E-state index in [1.165, 1.54) is 21.6 Å². The van der Waals surface area contributed by atoms with Gasteiger partial charge in [0.2, 0.25) is 0 Å². The van der Waals surface area contributed by atoms with Gasteiger partial charge in [-0.2, -0.15) is 0 Å². The third-order valence-electron chi connectivity index (χ3n) is 4.69. The van der Waals surface area contributed by atoms with Crippen molar-refractivity contribution in [2.45, 2.75) is 6.92 Å². The molecule has 1 aliphatic heterocycles. The number of carbonyl (C=O) groups excluding carboxylic acids is 1. The standard InChI is InChI=1S/C19H21ClN4OS2/c1-13-2-3-14-16(12-13)27-19(22-14)24-10-8-23(9-11-24)7-6-21-18(25)15-4-5-17(20)26-15/h2-5,12H,6-11H2,1H3,(H,21,25). The second-order valence-corrected chi connectivity index (χ2v) is 9.38. The van der Waals surface area contributed by atoms with E-state index >= 15 is 0 Å². The SMILES string of the molecule is Cc1ccc2nc(N3CCN(CCNC(=O)c4ccc(Cl)s4)CC3)sc2c1. The van der Waals surface area contributed by atoms with Crippen LogP contribution in [0.5, 0.6) is 0 Å². The minimum Gasteiger partial charge on any atom is -0.350 e. The van der Waals surface area contributed by atoms with Crippen molar-refractivity contribution in [3.8, 4) is 0 Å². The van der Waals surface area contributed by atoms with Gasteiger partial charge in [0, 0.05) is 39.3 Å². The van der Waals surface area contributed by atoms with Gasteiger partial charge in [-0.25, -0.2) is 4.98 Å². The van der Waals surface area contributed by atoms with Crippen LogP contribution in [0.2, 0.25) is 4.34 Å². The Bertz CT molecular complexity index is 946. The summed E-state index contributed by atoms with van der Waals surface area (Å²) in [6.07, 6.45) is 0. The molecule has 1 amide bonds. The minimum absolute atomic E-state index is 0.0460. The highest BCUT2D eigenvalue weighted by Gasteiger charge is 2.20. The van der Waals surface area contributed by atoms with Crippen LogP contribution in [-0.2, 0) is 0 Å². The largest absolute Gasteiger partial charge is 0.350 e. The molecule has 0 atom stereocenters. The summed E-state index contributed by atoms with van der Waals surface area (Å²) in [6.45, 7) is 7.52. The number of thiophene rings is 1. The maximum Gasteiger partial charge on any atom is 0.261 e. The number of anilines is 1. The van der Waals surface area contributed by atoms with Gasteiger partial charge in [0.1, 0.15) is 0 Å². The van der Waals surface area contributed by atoms with E-state index in [0.29, 0.717) is 15.8 Å². The van der Waals surface area contributed by atoms with Crippen molar-refractivity contribution in [2.24, 2.45) is 0 Å². The lowest BCUT2D eigenvalue weighted by Crippen LogP contribution is -2.48. The van der Waals surface area contributed by atoms with Gasteiger partial charge in [-0.05, 0) is 36.8 Å². The second kappa shape index (κ2) is 8.14. The Kier molecular flexibility index (Phi) is 5.63. The Balaban J connectivity index is 1.25. The molecule has 142 valence electrons. The van der Waals surface area contributed by atoms with Crippen LogP contribution in [0.4, 0.5) is 5.13 Å². The molecule has 2 aromatic heterocycles. The van der Waals surface area contributed by atoms with Crippen molar-refractivity contribution in [2.75, 3.05) is 44.2 Å². The van der Waals surface area contributed by atoms with Crippen molar-refractivity contribution in [3.05, 3.63) is 45.1 Å². The van der Waals surface area contributed by atoms with Crippen LogP contribution in [0.1, 0.15) is 15.2 Å². The summed E-state index contributed by atoms with van der Waals surface area (Å²) in [4.78, 5) is 22.2. The topological polar surface area (TPSA) is 48.5 Å². The van der Waals surface area contributed by atoms with Crippen LogP contribution in [0, 0.1) is 6.92 Å². The average Bonchev–Trinajstić information content (AvgIpc) is 3.28. The van der Waals surface area contributed by atoms with E-state index in [0.717, 1.165) is 43.4 Å². The lowest BCUT2D eigenvalue weighted by Gasteiger charge is -2.34. The van der Waals surface area contributed by atoms with E-state index in [9.17, 15) is 4.79 Å². The van der Waals surface area contributed by atoms with Gasteiger partial charge in [-0.1, -0.05) is 29.0 Å². The monoisotopic (exact) mass is 420 g/mol. The zero-order valence-electron chi connectivity index (χ0n) is 15.1. The van der Waals surface area contributed by atoms with Gasteiger partial charge >= 0.3 is 0 Å². The Labute approximate surface area is 171 Å². The number of hydrogen-bond acceptors (Lipinski definition) is 6. The fraction of sp³-hybridized carbons (Fsp3) is 0.368. The molecule has 5 nitrogen and oxygen atoms in total. The van der Waals surface area contributed by atoms with Gasteiger partial charge in [-0.15, -0.1) is 11.3 Å². The van der Waals surface area contributed by atoms with E-state index in [1.54, 1.807) is 23.5 Å². The number of benzene rings is 1. The first-order valence-electron chi connectivity index (χ1n) is 8.96. The van der Waals surface area contributed by atoms with E-state index in [4.69, 9.17) is 16.6 Å². The lowest BCUT2D eigenvalue weighted by atomic mass is 10.2. The Morgan fingerprint density at radius 1 is 1.19 bits per heavy atom. The van der Waals surface area contributed by atoms with Crippen molar-refractivity contribution < 1.29 is 4.79 Å². The van der Waals surface area contributed by atoms with Crippen molar-refractivity contribution in [3.63, 3.8) is 0 Å². The molecule has 1 fully saturated rings. The molecule has 1 aliphatic rings. The number of carbonyl (C=O) groups is 1. The summed E-state index contributed by atoms with van der Waals surface area (Å²) in [7, 11) is 0. The number of nitrogens with zero attached hydrogens (tertiary/aromatic N) is 3. The molecule has 0 saturated carbocycles. The molecular weight excluding hydrogens is 400 g/mol. The van der Waals surface area contributed by atoms with Crippen molar-refractivity contribution in [1.29, 1.82) is 0 Å². The smallest absolute Gasteiger partial charge is 0.261 e. The van der Waals surface area contributed by atoms with Crippen molar-refractivity contribution in [1.82, 2.24) is 15.2 Å². The molecule has 8 heteroatoms. The summed E-state index contributed by atoms with van der Waals surface area (Å²) >= 11 is 8.96. The maximum atomic E-state index is 12.1. The predicted octanol–water partition coefficient (Wildman–Crippen LogP) is 3.87. The molecule has 3 heterocycles. The van der Waals surface area contributed by atoms with E-state index in [-0.39, 0.29) is 5.91 Å². The fourth-order valence-electron chi connectivity index (χ4n) is 3.17. The number of piperazine rings is 1. The number of nitrogens with one attached hydrogen (secondary N) is 1. The Hall–Kier alpha value is -1.67. The zero-order chi connectivity index (χ0) is 18.8. The van der Waals surface area contributed by atoms with Crippen LogP contribution < -0.4 is 10.2 Å². The van der Waals surface area contributed by atoms with Crippen LogP contribution in [0.3, 0.4) is 0 Å². The van der Waals surface area contributed by atoms with Crippen LogP contribution in [0.25, 0.3) is 10.2 Å². The predicted molar refractivity (Wildman–Crippen MR) is 115 cm³/mol. The number of rotatable bonds is 5. The summed E-state index contributed by atoms with van der Waals surface area (Å²) in [6, 6.07) is 9.94. The first-order valence-corrected chi connectivity index (χ1v) is 11.0. The molecule has 0 aliphatic carbocycles.